The van der Waals surface area contributed by atoms with E-state index in [1.807, 2.05) is 4.90 Å². The molecule has 2 aliphatic rings. The second-order valence-electron chi connectivity index (χ2n) is 8.80. The van der Waals surface area contributed by atoms with E-state index in [0.717, 1.165) is 18.5 Å². The molecule has 2 heterocycles. The van der Waals surface area contributed by atoms with E-state index in [1.54, 1.807) is 11.3 Å². The zero-order valence-electron chi connectivity index (χ0n) is 15.8. The third kappa shape index (κ3) is 3.14. The molecule has 0 bridgehead atoms. The van der Waals surface area contributed by atoms with Crippen molar-refractivity contribution in [3.05, 3.63) is 15.8 Å². The van der Waals surface area contributed by atoms with Gasteiger partial charge < -0.3 is 4.90 Å². The topological polar surface area (TPSA) is 20.3 Å². The Morgan fingerprint density at radius 1 is 1.25 bits per heavy atom. The molecule has 3 heteroatoms. The van der Waals surface area contributed by atoms with E-state index in [4.69, 9.17) is 0 Å². The molecule has 1 saturated carbocycles. The molecular weight excluding hydrogens is 314 g/mol. The van der Waals surface area contributed by atoms with Crippen LogP contribution in [0.3, 0.4) is 0 Å². The Kier molecular flexibility index (Phi) is 4.55. The quantitative estimate of drug-likeness (QED) is 0.623. The van der Waals surface area contributed by atoms with Crippen molar-refractivity contribution < 1.29 is 4.79 Å². The maximum atomic E-state index is 13.1. The molecule has 0 spiro atoms. The maximum absolute atomic E-state index is 13.1. The Morgan fingerprint density at radius 3 is 2.58 bits per heavy atom. The molecule has 130 valence electrons. The summed E-state index contributed by atoms with van der Waals surface area (Å²) < 4.78 is 0. The summed E-state index contributed by atoms with van der Waals surface area (Å²) in [4.78, 5) is 16.3. The Morgan fingerprint density at radius 2 is 1.96 bits per heavy atom. The number of hydrogen-bond donors (Lipinski definition) is 0. The molecule has 3 rings (SSSR count). The lowest BCUT2D eigenvalue weighted by Crippen LogP contribution is -2.48. The third-order valence-electron chi connectivity index (χ3n) is 5.17. The van der Waals surface area contributed by atoms with Crippen molar-refractivity contribution in [1.82, 2.24) is 0 Å². The van der Waals surface area contributed by atoms with Gasteiger partial charge in [0.15, 0.2) is 0 Å². The van der Waals surface area contributed by atoms with Crippen molar-refractivity contribution in [3.8, 4) is 11.8 Å². The monoisotopic (exact) mass is 343 g/mol. The highest BCUT2D eigenvalue weighted by atomic mass is 32.1. The van der Waals surface area contributed by atoms with Crippen molar-refractivity contribution >= 4 is 22.9 Å². The number of fused-ring (bicyclic) bond motifs is 3. The van der Waals surface area contributed by atoms with Crippen molar-refractivity contribution in [1.29, 1.82) is 0 Å². The van der Waals surface area contributed by atoms with Gasteiger partial charge in [-0.3, -0.25) is 4.79 Å². The van der Waals surface area contributed by atoms with Crippen molar-refractivity contribution in [2.24, 2.45) is 17.3 Å². The SMILES string of the molecule is CC(C)N1C(=O)[C@H]2CC[C@H](C)C[C@@H]2c2c1csc2C#CC(C)(C)C. The predicted octanol–water partition coefficient (Wildman–Crippen LogP) is 5.42. The summed E-state index contributed by atoms with van der Waals surface area (Å²) in [5, 5.41) is 2.16. The summed E-state index contributed by atoms with van der Waals surface area (Å²) in [5.41, 5.74) is 2.49. The molecule has 1 aromatic rings. The van der Waals surface area contributed by atoms with Crippen molar-refractivity contribution in [3.63, 3.8) is 0 Å². The number of amides is 1. The number of rotatable bonds is 1. The highest BCUT2D eigenvalue weighted by Crippen LogP contribution is 2.51. The van der Waals surface area contributed by atoms with Crippen LogP contribution in [0.4, 0.5) is 5.69 Å². The number of carbonyl (C=O) groups is 1. The van der Waals surface area contributed by atoms with Gasteiger partial charge in [0, 0.05) is 28.3 Å². The number of thiophene rings is 1. The first-order valence-electron chi connectivity index (χ1n) is 9.16. The Labute approximate surface area is 150 Å². The third-order valence-corrected chi connectivity index (χ3v) is 6.07. The minimum absolute atomic E-state index is 0.00163. The minimum atomic E-state index is -0.00163. The van der Waals surface area contributed by atoms with Gasteiger partial charge in [0.05, 0.1) is 10.6 Å². The van der Waals surface area contributed by atoms with Crippen LogP contribution >= 0.6 is 11.3 Å². The van der Waals surface area contributed by atoms with E-state index in [1.165, 1.54) is 16.9 Å². The summed E-state index contributed by atoms with van der Waals surface area (Å²) in [6.45, 7) is 13.0. The molecular formula is C21H29NOS. The zero-order chi connectivity index (χ0) is 17.6. The van der Waals surface area contributed by atoms with E-state index in [0.29, 0.717) is 17.7 Å². The van der Waals surface area contributed by atoms with Gasteiger partial charge in [0.1, 0.15) is 0 Å². The van der Waals surface area contributed by atoms with Gasteiger partial charge >= 0.3 is 0 Å². The lowest BCUT2D eigenvalue weighted by atomic mass is 9.68. The van der Waals surface area contributed by atoms with E-state index in [9.17, 15) is 4.79 Å². The second-order valence-corrected chi connectivity index (χ2v) is 9.68. The molecule has 0 N–H and O–H groups in total. The highest BCUT2D eigenvalue weighted by Gasteiger charge is 2.45. The van der Waals surface area contributed by atoms with Gasteiger partial charge in [0.2, 0.25) is 5.91 Å². The summed E-state index contributed by atoms with van der Waals surface area (Å²) in [6, 6.07) is 0.203. The number of nitrogens with zero attached hydrogens (tertiary/aromatic N) is 1. The summed E-state index contributed by atoms with van der Waals surface area (Å²) in [7, 11) is 0. The van der Waals surface area contributed by atoms with Gasteiger partial charge in [-0.1, -0.05) is 18.8 Å². The van der Waals surface area contributed by atoms with Gasteiger partial charge in [-0.05, 0) is 65.7 Å². The predicted molar refractivity (Wildman–Crippen MR) is 103 cm³/mol. The first-order chi connectivity index (χ1) is 11.2. The molecule has 1 aromatic heterocycles. The first-order valence-corrected chi connectivity index (χ1v) is 10.0. The van der Waals surface area contributed by atoms with Crippen LogP contribution in [-0.4, -0.2) is 11.9 Å². The fraction of sp³-hybridized carbons (Fsp3) is 0.667. The van der Waals surface area contributed by atoms with Crippen LogP contribution in [0.2, 0.25) is 0 Å². The number of hydrogen-bond acceptors (Lipinski definition) is 2. The van der Waals surface area contributed by atoms with Crippen LogP contribution in [0, 0.1) is 29.1 Å². The molecule has 2 nitrogen and oxygen atoms in total. The maximum Gasteiger partial charge on any atom is 0.230 e. The van der Waals surface area contributed by atoms with E-state index in [2.05, 4.69) is 58.8 Å². The molecule has 1 fully saturated rings. The summed E-state index contributed by atoms with van der Waals surface area (Å²) >= 11 is 1.72. The molecule has 3 atom stereocenters. The Balaban J connectivity index is 2.12. The fourth-order valence-electron chi connectivity index (χ4n) is 4.07. The molecule has 1 amide bonds. The van der Waals surface area contributed by atoms with Gasteiger partial charge in [0.25, 0.3) is 0 Å². The molecule has 1 aliphatic carbocycles. The normalized spacial score (nSPS) is 26.7. The first kappa shape index (κ1) is 17.5. The average molecular weight is 344 g/mol. The number of carbonyl (C=O) groups excluding carboxylic acids is 1. The standard InChI is InChI=1S/C21H29NOS/c1-13(2)22-17-12-24-18(9-10-21(4,5)6)19(17)16-11-14(3)7-8-15(16)20(22)23/h12-16H,7-8,11H2,1-6H3/t14-,15-,16-/m0/s1. The average Bonchev–Trinajstić information content (AvgIpc) is 2.87. The molecule has 0 radical (unpaired) electrons. The van der Waals surface area contributed by atoms with Crippen LogP contribution in [0.15, 0.2) is 5.38 Å². The van der Waals surface area contributed by atoms with Gasteiger partial charge in [-0.15, -0.1) is 11.3 Å². The molecule has 0 saturated heterocycles. The Hall–Kier alpha value is -1.27. The zero-order valence-corrected chi connectivity index (χ0v) is 16.6. The van der Waals surface area contributed by atoms with Crippen molar-refractivity contribution in [2.75, 3.05) is 4.90 Å². The Bertz CT molecular complexity index is 698. The van der Waals surface area contributed by atoms with Gasteiger partial charge in [-0.25, -0.2) is 0 Å². The summed E-state index contributed by atoms with van der Waals surface area (Å²) in [5.74, 6) is 8.39. The van der Waals surface area contributed by atoms with Crippen LogP contribution in [0.25, 0.3) is 0 Å². The van der Waals surface area contributed by atoms with Crippen molar-refractivity contribution in [2.45, 2.75) is 72.8 Å². The van der Waals surface area contributed by atoms with Gasteiger partial charge in [-0.2, -0.15) is 0 Å². The van der Waals surface area contributed by atoms with Crippen LogP contribution in [-0.2, 0) is 4.79 Å². The van der Waals surface area contributed by atoms with E-state index >= 15 is 0 Å². The van der Waals surface area contributed by atoms with Crippen LogP contribution < -0.4 is 4.90 Å². The highest BCUT2D eigenvalue weighted by molar-refractivity contribution is 7.11. The van der Waals surface area contributed by atoms with Crippen LogP contribution in [0.5, 0.6) is 0 Å². The van der Waals surface area contributed by atoms with Crippen LogP contribution in [0.1, 0.15) is 77.2 Å². The van der Waals surface area contributed by atoms with E-state index in [-0.39, 0.29) is 17.4 Å². The summed E-state index contributed by atoms with van der Waals surface area (Å²) in [6.07, 6.45) is 3.31. The smallest absolute Gasteiger partial charge is 0.230 e. The lowest BCUT2D eigenvalue weighted by molar-refractivity contribution is -0.125. The molecule has 24 heavy (non-hydrogen) atoms. The molecule has 0 unspecified atom stereocenters. The molecule has 1 aliphatic heterocycles. The van der Waals surface area contributed by atoms with E-state index < -0.39 is 0 Å². The number of anilines is 1. The minimum Gasteiger partial charge on any atom is -0.308 e. The largest absolute Gasteiger partial charge is 0.308 e. The fourth-order valence-corrected chi connectivity index (χ4v) is 5.03. The molecule has 0 aromatic carbocycles. The lowest BCUT2D eigenvalue weighted by Gasteiger charge is -2.43. The second kappa shape index (κ2) is 6.23.